The molecule has 0 heterocycles. The summed E-state index contributed by atoms with van der Waals surface area (Å²) in [5, 5.41) is 6.55. The third-order valence-corrected chi connectivity index (χ3v) is 4.08. The van der Waals surface area contributed by atoms with Gasteiger partial charge in [-0.25, -0.2) is 4.79 Å². The van der Waals surface area contributed by atoms with Gasteiger partial charge in [0.25, 0.3) is 0 Å². The van der Waals surface area contributed by atoms with Gasteiger partial charge in [0.15, 0.2) is 0 Å². The minimum atomic E-state index is -0.442. The molecule has 0 bridgehead atoms. The zero-order valence-electron chi connectivity index (χ0n) is 14.7. The molecule has 1 fully saturated rings. The lowest BCUT2D eigenvalue weighted by Crippen LogP contribution is -2.48. The number of hydrogen-bond donors (Lipinski definition) is 2. The van der Waals surface area contributed by atoms with E-state index in [-0.39, 0.29) is 12.1 Å². The van der Waals surface area contributed by atoms with E-state index in [0.717, 1.165) is 5.92 Å². The van der Waals surface area contributed by atoms with Crippen LogP contribution in [-0.2, 0) is 4.74 Å². The average Bonchev–Trinajstić information content (AvgIpc) is 2.26. The van der Waals surface area contributed by atoms with Crippen LogP contribution in [0.2, 0.25) is 0 Å². The average molecular weight is 298 g/mol. The lowest BCUT2D eigenvalue weighted by Gasteiger charge is -2.32. The Balaban J connectivity index is 2.33. The van der Waals surface area contributed by atoms with Gasteiger partial charge in [0.1, 0.15) is 5.60 Å². The minimum Gasteiger partial charge on any atom is -0.444 e. The number of nitrogens with one attached hydrogen (secondary N) is 2. The molecule has 2 unspecified atom stereocenters. The van der Waals surface area contributed by atoms with Crippen LogP contribution in [0.4, 0.5) is 4.79 Å². The molecular weight excluding hydrogens is 264 g/mol. The zero-order chi connectivity index (χ0) is 16.0. The highest BCUT2D eigenvalue weighted by Crippen LogP contribution is 2.30. The Kier molecular flexibility index (Phi) is 6.98. The van der Waals surface area contributed by atoms with Crippen LogP contribution in [0.1, 0.15) is 67.2 Å². The summed E-state index contributed by atoms with van der Waals surface area (Å²) in [5.74, 6) is 1.38. The quantitative estimate of drug-likeness (QED) is 0.753. The van der Waals surface area contributed by atoms with Crippen molar-refractivity contribution in [3.8, 4) is 0 Å². The summed E-state index contributed by atoms with van der Waals surface area (Å²) in [6.07, 6.45) is 5.07. The Morgan fingerprint density at radius 3 is 2.29 bits per heavy atom. The summed E-state index contributed by atoms with van der Waals surface area (Å²) in [5.41, 5.74) is -0.442. The van der Waals surface area contributed by atoms with Gasteiger partial charge in [0.05, 0.1) is 0 Å². The van der Waals surface area contributed by atoms with Gasteiger partial charge in [-0.15, -0.1) is 0 Å². The molecule has 0 radical (unpaired) electrons. The summed E-state index contributed by atoms with van der Waals surface area (Å²) in [4.78, 5) is 11.7. The fraction of sp³-hybridized carbons (Fsp3) is 0.941. The molecule has 2 atom stereocenters. The first-order valence-corrected chi connectivity index (χ1v) is 8.40. The van der Waals surface area contributed by atoms with E-state index in [1.165, 1.54) is 25.7 Å². The molecule has 4 nitrogen and oxygen atoms in total. The number of ether oxygens (including phenoxy) is 1. The van der Waals surface area contributed by atoms with Crippen LogP contribution in [0.3, 0.4) is 0 Å². The third-order valence-electron chi connectivity index (χ3n) is 4.08. The second-order valence-electron chi connectivity index (χ2n) is 7.83. The van der Waals surface area contributed by atoms with Crippen molar-refractivity contribution in [2.24, 2.45) is 11.8 Å². The number of carbonyl (C=O) groups is 1. The molecule has 0 aromatic carbocycles. The summed E-state index contributed by atoms with van der Waals surface area (Å²) in [6, 6.07) is 0.788. The van der Waals surface area contributed by atoms with Gasteiger partial charge in [-0.05, 0) is 46.0 Å². The van der Waals surface area contributed by atoms with Crippen LogP contribution in [0.15, 0.2) is 0 Å². The summed E-state index contributed by atoms with van der Waals surface area (Å²) < 4.78 is 5.29. The Hall–Kier alpha value is -0.770. The smallest absolute Gasteiger partial charge is 0.407 e. The molecule has 0 spiro atoms. The SMILES string of the molecule is CC(CC1CCC1)NC(CNC(=O)OC(C)(C)C)C(C)C. The molecule has 1 saturated carbocycles. The first-order valence-electron chi connectivity index (χ1n) is 8.40. The van der Waals surface area contributed by atoms with E-state index in [0.29, 0.717) is 18.5 Å². The van der Waals surface area contributed by atoms with Crippen LogP contribution in [0.25, 0.3) is 0 Å². The molecule has 2 N–H and O–H groups in total. The van der Waals surface area contributed by atoms with Crippen molar-refractivity contribution in [1.29, 1.82) is 0 Å². The van der Waals surface area contributed by atoms with E-state index in [9.17, 15) is 4.79 Å². The number of amides is 1. The Bertz CT molecular complexity index is 319. The maximum Gasteiger partial charge on any atom is 0.407 e. The van der Waals surface area contributed by atoms with Crippen molar-refractivity contribution in [2.45, 2.75) is 84.9 Å². The van der Waals surface area contributed by atoms with Crippen molar-refractivity contribution < 1.29 is 9.53 Å². The third kappa shape index (κ3) is 7.70. The van der Waals surface area contributed by atoms with Crippen LogP contribution < -0.4 is 10.6 Å². The molecule has 0 saturated heterocycles. The number of carbonyl (C=O) groups excluding carboxylic acids is 1. The van der Waals surface area contributed by atoms with Crippen molar-refractivity contribution in [1.82, 2.24) is 10.6 Å². The van der Waals surface area contributed by atoms with Gasteiger partial charge < -0.3 is 15.4 Å². The molecule has 1 rings (SSSR count). The summed E-state index contributed by atoms with van der Waals surface area (Å²) >= 11 is 0. The highest BCUT2D eigenvalue weighted by molar-refractivity contribution is 5.67. The van der Waals surface area contributed by atoms with Crippen LogP contribution >= 0.6 is 0 Å². The molecule has 124 valence electrons. The topological polar surface area (TPSA) is 50.4 Å². The summed E-state index contributed by atoms with van der Waals surface area (Å²) in [6.45, 7) is 12.9. The molecule has 0 aliphatic heterocycles. The lowest BCUT2D eigenvalue weighted by atomic mass is 9.81. The van der Waals surface area contributed by atoms with E-state index >= 15 is 0 Å². The van der Waals surface area contributed by atoms with E-state index in [4.69, 9.17) is 4.74 Å². The van der Waals surface area contributed by atoms with E-state index < -0.39 is 5.60 Å². The fourth-order valence-electron chi connectivity index (χ4n) is 2.66. The number of hydrogen-bond acceptors (Lipinski definition) is 3. The highest BCUT2D eigenvalue weighted by Gasteiger charge is 2.23. The predicted molar refractivity (Wildman–Crippen MR) is 87.4 cm³/mol. The van der Waals surface area contributed by atoms with E-state index in [1.807, 2.05) is 20.8 Å². The second-order valence-corrected chi connectivity index (χ2v) is 7.83. The first-order chi connectivity index (χ1) is 9.67. The van der Waals surface area contributed by atoms with Crippen molar-refractivity contribution in [2.75, 3.05) is 6.54 Å². The van der Waals surface area contributed by atoms with Crippen molar-refractivity contribution in [3.63, 3.8) is 0 Å². The van der Waals surface area contributed by atoms with Gasteiger partial charge in [-0.1, -0.05) is 33.1 Å². The maximum absolute atomic E-state index is 11.7. The number of rotatable bonds is 7. The molecule has 0 aromatic heterocycles. The van der Waals surface area contributed by atoms with Crippen molar-refractivity contribution in [3.05, 3.63) is 0 Å². The largest absolute Gasteiger partial charge is 0.444 e. The zero-order valence-corrected chi connectivity index (χ0v) is 14.7. The highest BCUT2D eigenvalue weighted by atomic mass is 16.6. The molecule has 1 amide bonds. The normalized spacial score (nSPS) is 19.0. The minimum absolute atomic E-state index is 0.285. The fourth-order valence-corrected chi connectivity index (χ4v) is 2.66. The Labute approximate surface area is 130 Å². The predicted octanol–water partition coefficient (Wildman–Crippen LogP) is 3.70. The maximum atomic E-state index is 11.7. The van der Waals surface area contributed by atoms with Gasteiger partial charge in [-0.3, -0.25) is 0 Å². The first kappa shape index (κ1) is 18.3. The molecule has 0 aromatic rings. The molecule has 1 aliphatic rings. The Morgan fingerprint density at radius 2 is 1.86 bits per heavy atom. The van der Waals surface area contributed by atoms with Gasteiger partial charge in [-0.2, -0.15) is 0 Å². The monoisotopic (exact) mass is 298 g/mol. The molecular formula is C17H34N2O2. The van der Waals surface area contributed by atoms with Crippen LogP contribution in [0, 0.1) is 11.8 Å². The molecule has 1 aliphatic carbocycles. The van der Waals surface area contributed by atoms with Gasteiger partial charge in [0.2, 0.25) is 0 Å². The lowest BCUT2D eigenvalue weighted by molar-refractivity contribution is 0.0518. The van der Waals surface area contributed by atoms with E-state index in [1.54, 1.807) is 0 Å². The second kappa shape index (κ2) is 8.02. The Morgan fingerprint density at radius 1 is 1.24 bits per heavy atom. The molecule has 4 heteroatoms. The van der Waals surface area contributed by atoms with Gasteiger partial charge in [0, 0.05) is 18.6 Å². The van der Waals surface area contributed by atoms with Crippen LogP contribution in [0.5, 0.6) is 0 Å². The standard InChI is InChI=1S/C17H34N2O2/c1-12(2)15(11-18-16(20)21-17(4,5)6)19-13(3)10-14-8-7-9-14/h12-15,19H,7-11H2,1-6H3,(H,18,20). The molecule has 21 heavy (non-hydrogen) atoms. The van der Waals surface area contributed by atoms with Crippen molar-refractivity contribution >= 4 is 6.09 Å². The number of alkyl carbamates (subject to hydrolysis) is 1. The van der Waals surface area contributed by atoms with Crippen LogP contribution in [-0.4, -0.2) is 30.3 Å². The van der Waals surface area contributed by atoms with E-state index in [2.05, 4.69) is 31.4 Å². The van der Waals surface area contributed by atoms with Gasteiger partial charge >= 0.3 is 6.09 Å². The summed E-state index contributed by atoms with van der Waals surface area (Å²) in [7, 11) is 0.